The molecule has 23 heavy (non-hydrogen) atoms. The van der Waals surface area contributed by atoms with E-state index in [0.29, 0.717) is 11.5 Å². The highest BCUT2D eigenvalue weighted by atomic mass is 15.0. The summed E-state index contributed by atoms with van der Waals surface area (Å²) in [5, 5.41) is 0. The topological polar surface area (TPSA) is 80.2 Å². The summed E-state index contributed by atoms with van der Waals surface area (Å²) in [7, 11) is 0. The molecule has 3 aromatic heterocycles. The Kier molecular flexibility index (Phi) is 2.40. The van der Waals surface area contributed by atoms with Gasteiger partial charge in [0, 0.05) is 12.4 Å². The van der Waals surface area contributed by atoms with Gasteiger partial charge in [0.1, 0.15) is 16.7 Å². The molecule has 6 nitrogen and oxygen atoms in total. The Morgan fingerprint density at radius 1 is 0.696 bits per heavy atom. The largest absolute Gasteiger partial charge is 0.337 e. The number of aromatic amines is 1. The lowest BCUT2D eigenvalue weighted by Gasteiger charge is -1.98. The fourth-order valence-electron chi connectivity index (χ4n) is 2.70. The smallest absolute Gasteiger partial charge is 0.158 e. The SMILES string of the molecule is c1ccc2nc(-c3nc4c(ccc5nccnc54)[nH]3)cnc2c1. The van der Waals surface area contributed by atoms with Gasteiger partial charge >= 0.3 is 0 Å². The van der Waals surface area contributed by atoms with Crippen LogP contribution in [-0.4, -0.2) is 29.9 Å². The van der Waals surface area contributed by atoms with Crippen LogP contribution in [0.2, 0.25) is 0 Å². The number of rotatable bonds is 1. The van der Waals surface area contributed by atoms with E-state index in [1.807, 2.05) is 36.4 Å². The zero-order valence-electron chi connectivity index (χ0n) is 11.9. The molecule has 108 valence electrons. The van der Waals surface area contributed by atoms with E-state index in [-0.39, 0.29) is 0 Å². The van der Waals surface area contributed by atoms with Crippen LogP contribution in [0.25, 0.3) is 44.6 Å². The van der Waals surface area contributed by atoms with Crippen LogP contribution in [0, 0.1) is 0 Å². The molecule has 0 aliphatic heterocycles. The summed E-state index contributed by atoms with van der Waals surface area (Å²) in [5.41, 5.74) is 5.71. The third kappa shape index (κ3) is 1.85. The van der Waals surface area contributed by atoms with Gasteiger partial charge in [-0.1, -0.05) is 12.1 Å². The Labute approximate surface area is 130 Å². The minimum Gasteiger partial charge on any atom is -0.337 e. The molecule has 3 heterocycles. The summed E-state index contributed by atoms with van der Waals surface area (Å²) in [6.07, 6.45) is 5.08. The van der Waals surface area contributed by atoms with Crippen LogP contribution in [0.3, 0.4) is 0 Å². The van der Waals surface area contributed by atoms with E-state index in [2.05, 4.69) is 29.9 Å². The highest BCUT2D eigenvalue weighted by Crippen LogP contribution is 2.24. The van der Waals surface area contributed by atoms with Gasteiger partial charge in [0.25, 0.3) is 0 Å². The lowest BCUT2D eigenvalue weighted by atomic mass is 10.2. The number of aromatic nitrogens is 6. The van der Waals surface area contributed by atoms with Crippen molar-refractivity contribution in [1.29, 1.82) is 0 Å². The second-order valence-corrected chi connectivity index (χ2v) is 5.22. The first-order chi connectivity index (χ1) is 11.4. The van der Waals surface area contributed by atoms with E-state index < -0.39 is 0 Å². The van der Waals surface area contributed by atoms with Crippen LogP contribution < -0.4 is 0 Å². The highest BCUT2D eigenvalue weighted by Gasteiger charge is 2.11. The fraction of sp³-hybridized carbons (Fsp3) is 0. The quantitative estimate of drug-likeness (QED) is 0.514. The molecule has 2 aromatic carbocycles. The lowest BCUT2D eigenvalue weighted by molar-refractivity contribution is 1.22. The van der Waals surface area contributed by atoms with Crippen molar-refractivity contribution in [2.24, 2.45) is 0 Å². The summed E-state index contributed by atoms with van der Waals surface area (Å²) in [4.78, 5) is 25.7. The van der Waals surface area contributed by atoms with Crippen molar-refractivity contribution in [1.82, 2.24) is 29.9 Å². The molecule has 0 unspecified atom stereocenters. The molecular formula is C17H10N6. The van der Waals surface area contributed by atoms with E-state index >= 15 is 0 Å². The van der Waals surface area contributed by atoms with Crippen molar-refractivity contribution in [2.45, 2.75) is 0 Å². The van der Waals surface area contributed by atoms with Crippen molar-refractivity contribution in [3.63, 3.8) is 0 Å². The number of hydrogen-bond donors (Lipinski definition) is 1. The summed E-state index contributed by atoms with van der Waals surface area (Å²) >= 11 is 0. The molecule has 0 aliphatic carbocycles. The first-order valence-electron chi connectivity index (χ1n) is 7.20. The molecule has 0 bridgehead atoms. The molecule has 6 heteroatoms. The molecule has 1 N–H and O–H groups in total. The molecule has 5 aromatic rings. The molecule has 0 saturated heterocycles. The number of hydrogen-bond acceptors (Lipinski definition) is 5. The van der Waals surface area contributed by atoms with Gasteiger partial charge in [-0.15, -0.1) is 0 Å². The Hall–Kier alpha value is -3.41. The van der Waals surface area contributed by atoms with Gasteiger partial charge in [-0.2, -0.15) is 0 Å². The number of para-hydroxylation sites is 2. The maximum absolute atomic E-state index is 4.66. The Morgan fingerprint density at radius 3 is 2.52 bits per heavy atom. The van der Waals surface area contributed by atoms with E-state index in [4.69, 9.17) is 0 Å². The maximum atomic E-state index is 4.66. The Bertz CT molecular complexity index is 1180. The standard InChI is InChI=1S/C17H10N6/c1-2-4-11-10(3-1)20-9-14(21-11)17-22-13-6-5-12-15(16(13)23-17)19-8-7-18-12/h1-9H,(H,22,23). The molecule has 0 fully saturated rings. The average molecular weight is 298 g/mol. The number of benzene rings is 2. The molecule has 0 radical (unpaired) electrons. The molecule has 0 atom stereocenters. The average Bonchev–Trinajstić information content (AvgIpc) is 3.06. The number of nitrogens with zero attached hydrogens (tertiary/aromatic N) is 5. The molecule has 5 rings (SSSR count). The van der Waals surface area contributed by atoms with Gasteiger partial charge in [-0.05, 0) is 24.3 Å². The van der Waals surface area contributed by atoms with E-state index in [0.717, 1.165) is 33.1 Å². The highest BCUT2D eigenvalue weighted by molar-refractivity contribution is 6.00. The summed E-state index contributed by atoms with van der Waals surface area (Å²) in [6.45, 7) is 0. The Balaban J connectivity index is 1.76. The van der Waals surface area contributed by atoms with Gasteiger partial charge < -0.3 is 4.98 Å². The van der Waals surface area contributed by atoms with Crippen LogP contribution >= 0.6 is 0 Å². The number of fused-ring (bicyclic) bond motifs is 4. The molecule has 0 saturated carbocycles. The second kappa shape index (κ2) is 4.54. The van der Waals surface area contributed by atoms with Crippen molar-refractivity contribution >= 4 is 33.1 Å². The molecule has 0 aliphatic rings. The predicted molar refractivity (Wildman–Crippen MR) is 87.7 cm³/mol. The number of nitrogens with one attached hydrogen (secondary N) is 1. The molecule has 0 amide bonds. The van der Waals surface area contributed by atoms with E-state index in [9.17, 15) is 0 Å². The molecular weight excluding hydrogens is 288 g/mol. The second-order valence-electron chi connectivity index (χ2n) is 5.22. The summed E-state index contributed by atoms with van der Waals surface area (Å²) in [5.74, 6) is 0.677. The van der Waals surface area contributed by atoms with Crippen LogP contribution in [0.15, 0.2) is 55.0 Å². The van der Waals surface area contributed by atoms with Gasteiger partial charge in [0.05, 0.1) is 28.3 Å². The van der Waals surface area contributed by atoms with Gasteiger partial charge in [-0.3, -0.25) is 15.0 Å². The minimum atomic E-state index is 0.677. The zero-order chi connectivity index (χ0) is 15.2. The maximum Gasteiger partial charge on any atom is 0.158 e. The van der Waals surface area contributed by atoms with Crippen molar-refractivity contribution in [3.05, 3.63) is 55.0 Å². The van der Waals surface area contributed by atoms with Crippen LogP contribution in [0.5, 0.6) is 0 Å². The van der Waals surface area contributed by atoms with Crippen molar-refractivity contribution < 1.29 is 0 Å². The van der Waals surface area contributed by atoms with Gasteiger partial charge in [0.15, 0.2) is 5.82 Å². The summed E-state index contributed by atoms with van der Waals surface area (Å²) in [6, 6.07) is 11.7. The monoisotopic (exact) mass is 298 g/mol. The fourth-order valence-corrected chi connectivity index (χ4v) is 2.70. The van der Waals surface area contributed by atoms with Crippen LogP contribution in [0.1, 0.15) is 0 Å². The Morgan fingerprint density at radius 2 is 1.57 bits per heavy atom. The first kappa shape index (κ1) is 12.2. The lowest BCUT2D eigenvalue weighted by Crippen LogP contribution is -1.89. The van der Waals surface area contributed by atoms with Crippen LogP contribution in [-0.2, 0) is 0 Å². The third-order valence-electron chi connectivity index (χ3n) is 3.78. The van der Waals surface area contributed by atoms with Gasteiger partial charge in [-0.25, -0.2) is 9.97 Å². The third-order valence-corrected chi connectivity index (χ3v) is 3.78. The molecule has 0 spiro atoms. The minimum absolute atomic E-state index is 0.677. The number of H-pyrrole nitrogens is 1. The normalized spacial score (nSPS) is 11.5. The van der Waals surface area contributed by atoms with Crippen LogP contribution in [0.4, 0.5) is 0 Å². The van der Waals surface area contributed by atoms with E-state index in [1.165, 1.54) is 0 Å². The van der Waals surface area contributed by atoms with E-state index in [1.54, 1.807) is 18.6 Å². The van der Waals surface area contributed by atoms with Gasteiger partial charge in [0.2, 0.25) is 0 Å². The zero-order valence-corrected chi connectivity index (χ0v) is 11.9. The van der Waals surface area contributed by atoms with Crippen molar-refractivity contribution in [2.75, 3.05) is 0 Å². The number of imidazole rings is 1. The summed E-state index contributed by atoms with van der Waals surface area (Å²) < 4.78 is 0. The van der Waals surface area contributed by atoms with Crippen molar-refractivity contribution in [3.8, 4) is 11.5 Å². The first-order valence-corrected chi connectivity index (χ1v) is 7.20. The predicted octanol–water partition coefficient (Wildman–Crippen LogP) is 3.12.